The van der Waals surface area contributed by atoms with Crippen LogP contribution in [0.4, 0.5) is 0 Å². The molecule has 1 aromatic rings. The molecule has 11 atom stereocenters. The number of hydrogen-bond acceptors (Lipinski definition) is 11. The Labute approximate surface area is 200 Å². The first-order valence-corrected chi connectivity index (χ1v) is 11.4. The van der Waals surface area contributed by atoms with E-state index in [4.69, 9.17) is 23.7 Å². The second kappa shape index (κ2) is 9.60. The van der Waals surface area contributed by atoms with Crippen LogP contribution in [0.3, 0.4) is 0 Å². The molecule has 3 fully saturated rings. The van der Waals surface area contributed by atoms with Crippen molar-refractivity contribution >= 4 is 12.0 Å². The molecule has 0 aromatic heterocycles. The zero-order valence-corrected chi connectivity index (χ0v) is 18.6. The number of ether oxygens (including phenoxy) is 5. The van der Waals surface area contributed by atoms with Crippen LogP contribution in [0.5, 0.6) is 0 Å². The number of carbonyl (C=O) groups excluding carboxylic acids is 1. The van der Waals surface area contributed by atoms with E-state index in [9.17, 15) is 30.3 Å². The summed E-state index contributed by atoms with van der Waals surface area (Å²) < 4.78 is 27.7. The van der Waals surface area contributed by atoms with E-state index in [1.807, 2.05) is 30.3 Å². The van der Waals surface area contributed by atoms with Crippen LogP contribution in [0.15, 0.2) is 48.7 Å². The van der Waals surface area contributed by atoms with Crippen LogP contribution in [0.1, 0.15) is 5.56 Å². The van der Waals surface area contributed by atoms with Crippen LogP contribution in [0, 0.1) is 11.8 Å². The van der Waals surface area contributed by atoms with E-state index in [2.05, 4.69) is 0 Å². The van der Waals surface area contributed by atoms with Gasteiger partial charge in [0.2, 0.25) is 6.29 Å². The molecule has 190 valence electrons. The van der Waals surface area contributed by atoms with E-state index < -0.39 is 79.2 Å². The van der Waals surface area contributed by atoms with Crippen LogP contribution in [-0.2, 0) is 28.5 Å². The Morgan fingerprint density at radius 2 is 1.80 bits per heavy atom. The summed E-state index contributed by atoms with van der Waals surface area (Å²) in [6.07, 6.45) is -4.23. The van der Waals surface area contributed by atoms with Gasteiger partial charge in [-0.3, -0.25) is 0 Å². The molecule has 0 radical (unpaired) electrons. The van der Waals surface area contributed by atoms with Crippen LogP contribution in [0.2, 0.25) is 0 Å². The summed E-state index contributed by atoms with van der Waals surface area (Å²) >= 11 is 0. The molecule has 1 aliphatic carbocycles. The normalized spacial score (nSPS) is 43.9. The minimum Gasteiger partial charge on any atom is -0.472 e. The largest absolute Gasteiger partial charge is 0.472 e. The van der Waals surface area contributed by atoms with Gasteiger partial charge in [-0.05, 0) is 17.7 Å². The Hall–Kier alpha value is -2.35. The van der Waals surface area contributed by atoms with Crippen molar-refractivity contribution in [2.24, 2.45) is 11.8 Å². The number of aliphatic hydroxyl groups excluding tert-OH is 5. The Morgan fingerprint density at radius 1 is 1.03 bits per heavy atom. The molecule has 3 heterocycles. The van der Waals surface area contributed by atoms with Crippen molar-refractivity contribution in [3.8, 4) is 0 Å². The summed E-state index contributed by atoms with van der Waals surface area (Å²) in [4.78, 5) is 12.1. The van der Waals surface area contributed by atoms with Crippen molar-refractivity contribution < 1.29 is 54.0 Å². The molecule has 35 heavy (non-hydrogen) atoms. The van der Waals surface area contributed by atoms with E-state index in [0.717, 1.165) is 5.56 Å². The summed E-state index contributed by atoms with van der Waals surface area (Å²) in [6.45, 7) is -0.776. The lowest BCUT2D eigenvalue weighted by atomic mass is 9.85. The molecule has 11 nitrogen and oxygen atoms in total. The minimum atomic E-state index is -1.65. The molecule has 0 bridgehead atoms. The van der Waals surface area contributed by atoms with Gasteiger partial charge in [-0.1, -0.05) is 30.3 Å². The number of benzene rings is 1. The van der Waals surface area contributed by atoms with Crippen LogP contribution < -0.4 is 0 Å². The summed E-state index contributed by atoms with van der Waals surface area (Å²) in [5, 5.41) is 51.5. The SMILES string of the molecule is O=C(/C=C/c1ccccc1)OC[C@H]1O[C@@H](O[C@H]2OC=C[C@H]3[C@H](O)[C@@H]4O[C@]4(CO)[C@@H]23)[C@H](O)[C@@H](O)[C@@H]1O. The topological polar surface area (TPSA) is 168 Å². The molecule has 5 N–H and O–H groups in total. The van der Waals surface area contributed by atoms with Gasteiger partial charge in [0.1, 0.15) is 42.7 Å². The summed E-state index contributed by atoms with van der Waals surface area (Å²) in [5.74, 6) is -1.70. The standard InChI is InChI=1S/C24H28O11/c25-11-24-16-13(17(27)21(24)35-24)8-9-31-22(16)34-23-20(30)19(29)18(28)14(33-23)10-32-15(26)7-6-12-4-2-1-3-5-12/h1-9,13-14,16-23,25,27-30H,10-11H2/b7-6+/t13-,14-,16-,17+,18-,19+,20-,21+,22-,23+,24-/m1/s1. The predicted molar refractivity (Wildman–Crippen MR) is 116 cm³/mol. The molecule has 5 rings (SSSR count). The number of hydrogen-bond donors (Lipinski definition) is 5. The van der Waals surface area contributed by atoms with E-state index in [1.54, 1.807) is 12.2 Å². The minimum absolute atomic E-state index is 0.364. The first-order chi connectivity index (χ1) is 16.9. The molecular formula is C24H28O11. The number of esters is 1. The Bertz CT molecular complexity index is 967. The van der Waals surface area contributed by atoms with Gasteiger partial charge in [-0.25, -0.2) is 4.79 Å². The van der Waals surface area contributed by atoms with Crippen LogP contribution in [0.25, 0.3) is 6.08 Å². The average molecular weight is 492 g/mol. The van der Waals surface area contributed by atoms with E-state index in [1.165, 1.54) is 12.3 Å². The van der Waals surface area contributed by atoms with Gasteiger partial charge in [0, 0.05) is 12.0 Å². The van der Waals surface area contributed by atoms with Crippen molar-refractivity contribution in [2.75, 3.05) is 13.2 Å². The molecule has 4 aliphatic rings. The number of fused-ring (bicyclic) bond motifs is 3. The lowest BCUT2D eigenvalue weighted by Crippen LogP contribution is -2.60. The molecule has 0 amide bonds. The summed E-state index contributed by atoms with van der Waals surface area (Å²) in [7, 11) is 0. The van der Waals surface area contributed by atoms with Gasteiger partial charge in [0.15, 0.2) is 6.29 Å². The number of carbonyl (C=O) groups is 1. The van der Waals surface area contributed by atoms with Gasteiger partial charge in [-0.2, -0.15) is 0 Å². The first-order valence-electron chi connectivity index (χ1n) is 11.4. The highest BCUT2D eigenvalue weighted by Crippen LogP contribution is 2.59. The molecule has 0 unspecified atom stereocenters. The van der Waals surface area contributed by atoms with Gasteiger partial charge < -0.3 is 49.2 Å². The third-order valence-corrected chi connectivity index (χ3v) is 7.05. The van der Waals surface area contributed by atoms with Gasteiger partial charge in [-0.15, -0.1) is 0 Å². The second-order valence-electron chi connectivity index (χ2n) is 9.10. The maximum atomic E-state index is 12.1. The van der Waals surface area contributed by atoms with Gasteiger partial charge in [0.25, 0.3) is 0 Å². The maximum absolute atomic E-state index is 12.1. The number of epoxide rings is 1. The average Bonchev–Trinajstić information content (AvgIpc) is 3.57. The predicted octanol–water partition coefficient (Wildman–Crippen LogP) is -1.33. The van der Waals surface area contributed by atoms with Gasteiger partial charge in [0.05, 0.1) is 24.9 Å². The Balaban J connectivity index is 1.22. The zero-order chi connectivity index (χ0) is 24.7. The molecule has 11 heteroatoms. The Kier molecular flexibility index (Phi) is 6.68. The summed E-state index contributed by atoms with van der Waals surface area (Å²) in [6, 6.07) is 9.11. The first kappa shape index (κ1) is 24.3. The second-order valence-corrected chi connectivity index (χ2v) is 9.10. The third-order valence-electron chi connectivity index (χ3n) is 7.05. The highest BCUT2D eigenvalue weighted by Gasteiger charge is 2.75. The molecule has 0 spiro atoms. The van der Waals surface area contributed by atoms with E-state index in [-0.39, 0.29) is 6.61 Å². The molecule has 1 saturated carbocycles. The van der Waals surface area contributed by atoms with Gasteiger partial charge >= 0.3 is 5.97 Å². The highest BCUT2D eigenvalue weighted by atomic mass is 16.8. The van der Waals surface area contributed by atoms with E-state index in [0.29, 0.717) is 0 Å². The van der Waals surface area contributed by atoms with Crippen molar-refractivity contribution in [1.82, 2.24) is 0 Å². The zero-order valence-electron chi connectivity index (χ0n) is 18.6. The monoisotopic (exact) mass is 492 g/mol. The molecule has 1 aromatic carbocycles. The third kappa shape index (κ3) is 4.39. The number of aliphatic hydroxyl groups is 5. The summed E-state index contributed by atoms with van der Waals surface area (Å²) in [5.41, 5.74) is -0.248. The fourth-order valence-corrected chi connectivity index (χ4v) is 5.10. The quantitative estimate of drug-likeness (QED) is 0.174. The van der Waals surface area contributed by atoms with E-state index >= 15 is 0 Å². The van der Waals surface area contributed by atoms with Crippen molar-refractivity contribution in [3.63, 3.8) is 0 Å². The van der Waals surface area contributed by atoms with Crippen LogP contribution >= 0.6 is 0 Å². The fourth-order valence-electron chi connectivity index (χ4n) is 5.10. The smallest absolute Gasteiger partial charge is 0.330 e. The van der Waals surface area contributed by atoms with Crippen molar-refractivity contribution in [3.05, 3.63) is 54.3 Å². The fraction of sp³-hybridized carbons (Fsp3) is 0.542. The molecular weight excluding hydrogens is 464 g/mol. The number of rotatable bonds is 7. The molecule has 2 saturated heterocycles. The van der Waals surface area contributed by atoms with Crippen molar-refractivity contribution in [2.45, 2.75) is 54.8 Å². The Morgan fingerprint density at radius 3 is 2.54 bits per heavy atom. The van der Waals surface area contributed by atoms with Crippen LogP contribution in [-0.4, -0.2) is 99.5 Å². The van der Waals surface area contributed by atoms with Crippen molar-refractivity contribution in [1.29, 1.82) is 0 Å². The molecule has 3 aliphatic heterocycles. The lowest BCUT2D eigenvalue weighted by molar-refractivity contribution is -0.344. The maximum Gasteiger partial charge on any atom is 0.330 e. The lowest BCUT2D eigenvalue weighted by Gasteiger charge is -2.43. The highest BCUT2D eigenvalue weighted by molar-refractivity contribution is 5.87.